The van der Waals surface area contributed by atoms with Gasteiger partial charge in [0.2, 0.25) is 5.88 Å². The summed E-state index contributed by atoms with van der Waals surface area (Å²) in [6, 6.07) is 9.71. The lowest BCUT2D eigenvalue weighted by Crippen LogP contribution is -2.14. The predicted octanol–water partition coefficient (Wildman–Crippen LogP) is 4.92. The molecule has 0 fully saturated rings. The summed E-state index contributed by atoms with van der Waals surface area (Å²) in [7, 11) is 0. The fraction of sp³-hybridized carbons (Fsp3) is 0.375. The summed E-state index contributed by atoms with van der Waals surface area (Å²) in [4.78, 5) is 8.21. The van der Waals surface area contributed by atoms with Crippen LogP contribution in [0.2, 0.25) is 5.15 Å². The van der Waals surface area contributed by atoms with Crippen LogP contribution in [0.4, 0.5) is 0 Å². The average Bonchev–Trinajstić information content (AvgIpc) is 2.38. The van der Waals surface area contributed by atoms with Crippen molar-refractivity contribution in [1.29, 1.82) is 0 Å². The van der Waals surface area contributed by atoms with Gasteiger partial charge >= 0.3 is 0 Å². The highest BCUT2D eigenvalue weighted by Gasteiger charge is 2.17. The van der Waals surface area contributed by atoms with Crippen LogP contribution in [0, 0.1) is 6.92 Å². The lowest BCUT2D eigenvalue weighted by Gasteiger charge is -2.23. The fourth-order valence-corrected chi connectivity index (χ4v) is 2.07. The Balaban J connectivity index is 2.19. The molecule has 2 rings (SSSR count). The largest absolute Gasteiger partial charge is 0.439 e. The van der Waals surface area contributed by atoms with Crippen molar-refractivity contribution >= 4 is 11.6 Å². The number of aryl methyl sites for hydroxylation is 1. The zero-order valence-electron chi connectivity index (χ0n) is 12.3. The molecule has 0 spiro atoms. The number of aromatic nitrogens is 2. The summed E-state index contributed by atoms with van der Waals surface area (Å²) in [5.41, 5.74) is 1.47. The van der Waals surface area contributed by atoms with Gasteiger partial charge < -0.3 is 4.74 Å². The van der Waals surface area contributed by atoms with Crippen LogP contribution < -0.4 is 4.74 Å². The summed E-state index contributed by atoms with van der Waals surface area (Å²) in [5.74, 6) is 1.80. The minimum atomic E-state index is 0.174. The van der Waals surface area contributed by atoms with Gasteiger partial charge in [-0.15, -0.1) is 0 Å². The number of halogens is 1. The molecule has 1 aromatic carbocycles. The lowest BCUT2D eigenvalue weighted by atomic mass is 9.82. The summed E-state index contributed by atoms with van der Waals surface area (Å²) in [5, 5.41) is 0.385. The Morgan fingerprint density at radius 1 is 1.15 bits per heavy atom. The predicted molar refractivity (Wildman–Crippen MR) is 81.6 cm³/mol. The van der Waals surface area contributed by atoms with E-state index in [1.165, 1.54) is 5.56 Å². The summed E-state index contributed by atoms with van der Waals surface area (Å²) in [6.45, 7) is 8.44. The first kappa shape index (κ1) is 14.8. The third-order valence-electron chi connectivity index (χ3n) is 3.53. The first-order valence-electron chi connectivity index (χ1n) is 6.70. The maximum absolute atomic E-state index is 5.89. The minimum Gasteiger partial charge on any atom is -0.439 e. The quantitative estimate of drug-likeness (QED) is 0.750. The van der Waals surface area contributed by atoms with Crippen molar-refractivity contribution < 1.29 is 4.74 Å². The molecule has 106 valence electrons. The molecule has 4 heteroatoms. The van der Waals surface area contributed by atoms with Crippen molar-refractivity contribution in [3.63, 3.8) is 0 Å². The third kappa shape index (κ3) is 3.48. The molecule has 0 bridgehead atoms. The first-order valence-corrected chi connectivity index (χ1v) is 7.08. The van der Waals surface area contributed by atoms with Crippen LogP contribution in [-0.4, -0.2) is 9.97 Å². The second-order valence-corrected chi connectivity index (χ2v) is 5.83. The van der Waals surface area contributed by atoms with Gasteiger partial charge in [0.25, 0.3) is 0 Å². The zero-order chi connectivity index (χ0) is 14.8. The number of benzene rings is 1. The van der Waals surface area contributed by atoms with Crippen molar-refractivity contribution in [3.05, 3.63) is 46.9 Å². The Bertz CT molecular complexity index is 574. The molecule has 0 atom stereocenters. The first-order chi connectivity index (χ1) is 9.40. The molecular weight excluding hydrogens is 272 g/mol. The van der Waals surface area contributed by atoms with Gasteiger partial charge in [0, 0.05) is 6.07 Å². The van der Waals surface area contributed by atoms with Crippen LogP contribution in [0.25, 0.3) is 0 Å². The van der Waals surface area contributed by atoms with E-state index in [4.69, 9.17) is 16.3 Å². The Hall–Kier alpha value is -1.61. The Morgan fingerprint density at radius 2 is 1.80 bits per heavy atom. The summed E-state index contributed by atoms with van der Waals surface area (Å²) >= 11 is 5.89. The Morgan fingerprint density at radius 3 is 2.35 bits per heavy atom. The van der Waals surface area contributed by atoms with Gasteiger partial charge in [-0.3, -0.25) is 0 Å². The molecule has 0 radical (unpaired) electrons. The Kier molecular flexibility index (Phi) is 4.29. The number of hydrogen-bond donors (Lipinski definition) is 0. The highest BCUT2D eigenvalue weighted by atomic mass is 35.5. The van der Waals surface area contributed by atoms with Gasteiger partial charge in [0.1, 0.15) is 16.7 Å². The molecule has 0 saturated carbocycles. The molecule has 0 aliphatic carbocycles. The summed E-state index contributed by atoms with van der Waals surface area (Å²) < 4.78 is 5.71. The molecule has 0 unspecified atom stereocenters. The van der Waals surface area contributed by atoms with Crippen molar-refractivity contribution in [3.8, 4) is 11.6 Å². The van der Waals surface area contributed by atoms with E-state index in [0.717, 1.165) is 12.2 Å². The maximum atomic E-state index is 5.89. The van der Waals surface area contributed by atoms with Gasteiger partial charge in [-0.25, -0.2) is 4.98 Å². The van der Waals surface area contributed by atoms with Gasteiger partial charge in [-0.1, -0.05) is 44.5 Å². The number of hydrogen-bond acceptors (Lipinski definition) is 3. The molecule has 1 aromatic heterocycles. The van der Waals surface area contributed by atoms with Crippen LogP contribution in [0.3, 0.4) is 0 Å². The molecular formula is C16H19ClN2O. The van der Waals surface area contributed by atoms with Crippen LogP contribution in [0.5, 0.6) is 11.6 Å². The Labute approximate surface area is 125 Å². The molecule has 2 aromatic rings. The molecule has 1 heterocycles. The van der Waals surface area contributed by atoms with Crippen molar-refractivity contribution in [1.82, 2.24) is 9.97 Å². The maximum Gasteiger partial charge on any atom is 0.224 e. The zero-order valence-corrected chi connectivity index (χ0v) is 13.0. The summed E-state index contributed by atoms with van der Waals surface area (Å²) in [6.07, 6.45) is 1.09. The average molecular weight is 291 g/mol. The molecule has 0 saturated heterocycles. The van der Waals surface area contributed by atoms with Crippen molar-refractivity contribution in [2.45, 2.75) is 39.5 Å². The number of rotatable bonds is 4. The smallest absolute Gasteiger partial charge is 0.224 e. The SMILES string of the molecule is CCC(C)(C)c1ccc(Oc2cc(Cl)nc(C)n2)cc1. The molecule has 20 heavy (non-hydrogen) atoms. The normalized spacial score (nSPS) is 11.4. The monoisotopic (exact) mass is 290 g/mol. The molecule has 0 aliphatic rings. The highest BCUT2D eigenvalue weighted by molar-refractivity contribution is 6.29. The van der Waals surface area contributed by atoms with Crippen LogP contribution in [0.1, 0.15) is 38.6 Å². The van der Waals surface area contributed by atoms with E-state index < -0.39 is 0 Å². The van der Waals surface area contributed by atoms with Gasteiger partial charge in [-0.2, -0.15) is 4.98 Å². The van der Waals surface area contributed by atoms with E-state index in [0.29, 0.717) is 16.9 Å². The standard InChI is InChI=1S/C16H19ClN2O/c1-5-16(3,4)12-6-8-13(9-7-12)20-15-10-14(17)18-11(2)19-15/h6-10H,5H2,1-4H3. The molecule has 0 aliphatic heterocycles. The van der Waals surface area contributed by atoms with E-state index in [-0.39, 0.29) is 5.41 Å². The van der Waals surface area contributed by atoms with E-state index in [1.54, 1.807) is 13.0 Å². The van der Waals surface area contributed by atoms with Crippen LogP contribution in [-0.2, 0) is 5.41 Å². The van der Waals surface area contributed by atoms with Crippen LogP contribution >= 0.6 is 11.6 Å². The molecule has 0 amide bonds. The van der Waals surface area contributed by atoms with Crippen molar-refractivity contribution in [2.75, 3.05) is 0 Å². The highest BCUT2D eigenvalue weighted by Crippen LogP contribution is 2.29. The second kappa shape index (κ2) is 5.80. The van der Waals surface area contributed by atoms with E-state index in [1.807, 2.05) is 12.1 Å². The van der Waals surface area contributed by atoms with Crippen LogP contribution in [0.15, 0.2) is 30.3 Å². The second-order valence-electron chi connectivity index (χ2n) is 5.44. The molecule has 3 nitrogen and oxygen atoms in total. The van der Waals surface area contributed by atoms with Gasteiger partial charge in [0.05, 0.1) is 0 Å². The van der Waals surface area contributed by atoms with E-state index >= 15 is 0 Å². The van der Waals surface area contributed by atoms with Crippen molar-refractivity contribution in [2.24, 2.45) is 0 Å². The fourth-order valence-electron chi connectivity index (χ4n) is 1.86. The van der Waals surface area contributed by atoms with E-state index in [2.05, 4.69) is 42.9 Å². The third-order valence-corrected chi connectivity index (χ3v) is 3.72. The molecule has 0 N–H and O–H groups in total. The van der Waals surface area contributed by atoms with E-state index in [9.17, 15) is 0 Å². The minimum absolute atomic E-state index is 0.174. The lowest BCUT2D eigenvalue weighted by molar-refractivity contribution is 0.457. The number of ether oxygens (including phenoxy) is 1. The topological polar surface area (TPSA) is 35.0 Å². The van der Waals surface area contributed by atoms with Gasteiger partial charge in [0.15, 0.2) is 0 Å². The van der Waals surface area contributed by atoms with Gasteiger partial charge in [-0.05, 0) is 36.5 Å². The number of nitrogens with zero attached hydrogens (tertiary/aromatic N) is 2.